The van der Waals surface area contributed by atoms with E-state index in [0.29, 0.717) is 30.5 Å². The van der Waals surface area contributed by atoms with Crippen LogP contribution in [0.1, 0.15) is 60.0 Å². The Kier molecular flexibility index (Phi) is 8.17. The zero-order chi connectivity index (χ0) is 26.3. The average Bonchev–Trinajstić information content (AvgIpc) is 3.05. The third-order valence-electron chi connectivity index (χ3n) is 7.70. The van der Waals surface area contributed by atoms with Crippen LogP contribution in [0.4, 0.5) is 5.69 Å². The molecule has 1 aliphatic heterocycles. The van der Waals surface area contributed by atoms with Gasteiger partial charge in [0.1, 0.15) is 12.1 Å². The topological polar surface area (TPSA) is 78.5 Å². The second-order valence-corrected chi connectivity index (χ2v) is 10.3. The van der Waals surface area contributed by atoms with Crippen LogP contribution in [-0.4, -0.2) is 40.7 Å². The summed E-state index contributed by atoms with van der Waals surface area (Å²) in [6.45, 7) is 0. The summed E-state index contributed by atoms with van der Waals surface area (Å²) in [4.78, 5) is 43.4. The molecule has 2 atom stereocenters. The molecule has 0 saturated heterocycles. The first kappa shape index (κ1) is 25.7. The molecule has 3 amide bonds. The van der Waals surface area contributed by atoms with E-state index in [1.165, 1.54) is 6.42 Å². The van der Waals surface area contributed by atoms with Gasteiger partial charge in [-0.15, -0.1) is 0 Å². The summed E-state index contributed by atoms with van der Waals surface area (Å²) in [6.07, 6.45) is 6.63. The molecule has 0 bridgehead atoms. The number of anilines is 1. The Labute approximate surface area is 224 Å². The SMILES string of the molecule is O=C1Nc2ccccc2C(=O)N(C(CCc2ccccc2)C(=O)NC2CCCCC2)C1Cc1ccccc1. The fourth-order valence-corrected chi connectivity index (χ4v) is 5.68. The smallest absolute Gasteiger partial charge is 0.257 e. The molecule has 1 fully saturated rings. The Hall–Kier alpha value is -3.93. The third-order valence-corrected chi connectivity index (χ3v) is 7.70. The molecule has 6 heteroatoms. The number of para-hydroxylation sites is 1. The average molecular weight is 510 g/mol. The van der Waals surface area contributed by atoms with Crippen molar-refractivity contribution < 1.29 is 14.4 Å². The van der Waals surface area contributed by atoms with Crippen molar-refractivity contribution in [2.75, 3.05) is 5.32 Å². The summed E-state index contributed by atoms with van der Waals surface area (Å²) < 4.78 is 0. The van der Waals surface area contributed by atoms with Gasteiger partial charge < -0.3 is 15.5 Å². The molecular formula is C32H35N3O3. The van der Waals surface area contributed by atoms with E-state index in [1.54, 1.807) is 29.2 Å². The Morgan fingerprint density at radius 1 is 0.842 bits per heavy atom. The largest absolute Gasteiger partial charge is 0.352 e. The number of fused-ring (bicyclic) bond motifs is 1. The highest BCUT2D eigenvalue weighted by molar-refractivity contribution is 6.11. The molecule has 38 heavy (non-hydrogen) atoms. The van der Waals surface area contributed by atoms with E-state index < -0.39 is 12.1 Å². The van der Waals surface area contributed by atoms with Gasteiger partial charge in [0.05, 0.1) is 11.3 Å². The van der Waals surface area contributed by atoms with E-state index >= 15 is 0 Å². The standard InChI is InChI=1S/C32H35N3O3/c36-30(33-25-16-8-3-9-17-25)28(21-20-23-12-4-1-5-13-23)35-29(22-24-14-6-2-7-15-24)31(37)34-27-19-11-10-18-26(27)32(35)38/h1-2,4-7,10-15,18-19,25,28-29H,3,8-9,16-17,20-22H2,(H,33,36)(H,34,37). The van der Waals surface area contributed by atoms with Gasteiger partial charge in [0.2, 0.25) is 11.8 Å². The molecule has 1 saturated carbocycles. The minimum Gasteiger partial charge on any atom is -0.352 e. The van der Waals surface area contributed by atoms with Crippen LogP contribution in [0.25, 0.3) is 0 Å². The molecule has 2 aliphatic rings. The Morgan fingerprint density at radius 2 is 1.47 bits per heavy atom. The number of nitrogens with zero attached hydrogens (tertiary/aromatic N) is 1. The number of carbonyl (C=O) groups excluding carboxylic acids is 3. The van der Waals surface area contributed by atoms with Crippen molar-refractivity contribution in [2.24, 2.45) is 0 Å². The van der Waals surface area contributed by atoms with Gasteiger partial charge in [0.25, 0.3) is 5.91 Å². The highest BCUT2D eigenvalue weighted by Gasteiger charge is 2.42. The van der Waals surface area contributed by atoms with Crippen LogP contribution in [0.15, 0.2) is 84.9 Å². The predicted octanol–water partition coefficient (Wildman–Crippen LogP) is 5.14. The van der Waals surface area contributed by atoms with E-state index in [2.05, 4.69) is 10.6 Å². The van der Waals surface area contributed by atoms with Crippen LogP contribution >= 0.6 is 0 Å². The number of hydrogen-bond acceptors (Lipinski definition) is 3. The Morgan fingerprint density at radius 3 is 2.18 bits per heavy atom. The molecule has 1 aliphatic carbocycles. The minimum atomic E-state index is -0.824. The zero-order valence-electron chi connectivity index (χ0n) is 21.6. The predicted molar refractivity (Wildman–Crippen MR) is 149 cm³/mol. The van der Waals surface area contributed by atoms with Crippen molar-refractivity contribution in [2.45, 2.75) is 69.5 Å². The van der Waals surface area contributed by atoms with Crippen molar-refractivity contribution in [1.82, 2.24) is 10.2 Å². The lowest BCUT2D eigenvalue weighted by atomic mass is 9.94. The van der Waals surface area contributed by atoms with E-state index in [0.717, 1.165) is 36.8 Å². The van der Waals surface area contributed by atoms with Gasteiger partial charge in [-0.3, -0.25) is 14.4 Å². The summed E-state index contributed by atoms with van der Waals surface area (Å²) in [5, 5.41) is 6.22. The van der Waals surface area contributed by atoms with Gasteiger partial charge >= 0.3 is 0 Å². The first-order chi connectivity index (χ1) is 18.6. The number of carbonyl (C=O) groups is 3. The Bertz CT molecular complexity index is 1260. The lowest BCUT2D eigenvalue weighted by Gasteiger charge is -2.36. The molecule has 2 unspecified atom stereocenters. The second kappa shape index (κ2) is 12.1. The normalized spacial score (nSPS) is 18.7. The highest BCUT2D eigenvalue weighted by atomic mass is 16.2. The van der Waals surface area contributed by atoms with Crippen LogP contribution in [0.2, 0.25) is 0 Å². The van der Waals surface area contributed by atoms with Gasteiger partial charge in [-0.05, 0) is 48.9 Å². The quantitative estimate of drug-likeness (QED) is 0.441. The molecule has 2 N–H and O–H groups in total. The third kappa shape index (κ3) is 5.96. The second-order valence-electron chi connectivity index (χ2n) is 10.3. The highest BCUT2D eigenvalue weighted by Crippen LogP contribution is 2.28. The van der Waals surface area contributed by atoms with Crippen LogP contribution in [-0.2, 0) is 22.4 Å². The maximum absolute atomic E-state index is 14.2. The Balaban J connectivity index is 1.53. The first-order valence-corrected chi connectivity index (χ1v) is 13.7. The van der Waals surface area contributed by atoms with Gasteiger partial charge in [-0.25, -0.2) is 0 Å². The van der Waals surface area contributed by atoms with E-state index in [9.17, 15) is 14.4 Å². The minimum absolute atomic E-state index is 0.103. The van der Waals surface area contributed by atoms with Crippen LogP contribution < -0.4 is 10.6 Å². The van der Waals surface area contributed by atoms with Gasteiger partial charge in [0, 0.05) is 12.5 Å². The number of hydrogen-bond donors (Lipinski definition) is 2. The monoisotopic (exact) mass is 509 g/mol. The van der Waals surface area contributed by atoms with Crippen LogP contribution in [0, 0.1) is 0 Å². The summed E-state index contributed by atoms with van der Waals surface area (Å²) >= 11 is 0. The van der Waals surface area contributed by atoms with Crippen LogP contribution in [0.3, 0.4) is 0 Å². The van der Waals surface area contributed by atoms with Crippen molar-refractivity contribution in [3.05, 3.63) is 102 Å². The maximum Gasteiger partial charge on any atom is 0.257 e. The lowest BCUT2D eigenvalue weighted by Crippen LogP contribution is -2.58. The molecule has 5 rings (SSSR count). The van der Waals surface area contributed by atoms with Crippen molar-refractivity contribution >= 4 is 23.4 Å². The summed E-state index contributed by atoms with van der Waals surface area (Å²) in [7, 11) is 0. The maximum atomic E-state index is 14.2. The number of aryl methyl sites for hydroxylation is 1. The van der Waals surface area contributed by atoms with E-state index in [4.69, 9.17) is 0 Å². The molecule has 0 radical (unpaired) electrons. The first-order valence-electron chi connectivity index (χ1n) is 13.7. The van der Waals surface area contributed by atoms with Crippen LogP contribution in [0.5, 0.6) is 0 Å². The molecule has 0 spiro atoms. The zero-order valence-corrected chi connectivity index (χ0v) is 21.6. The number of rotatable bonds is 8. The molecule has 6 nitrogen and oxygen atoms in total. The molecular weight excluding hydrogens is 474 g/mol. The van der Waals surface area contributed by atoms with Gasteiger partial charge in [0.15, 0.2) is 0 Å². The van der Waals surface area contributed by atoms with Crippen molar-refractivity contribution in [3.8, 4) is 0 Å². The molecule has 0 aromatic heterocycles. The molecule has 196 valence electrons. The molecule has 1 heterocycles. The summed E-state index contributed by atoms with van der Waals surface area (Å²) in [5.74, 6) is -0.745. The number of benzene rings is 3. The fourth-order valence-electron chi connectivity index (χ4n) is 5.68. The van der Waals surface area contributed by atoms with Crippen molar-refractivity contribution in [1.29, 1.82) is 0 Å². The van der Waals surface area contributed by atoms with E-state index in [1.807, 2.05) is 60.7 Å². The lowest BCUT2D eigenvalue weighted by molar-refractivity contribution is -0.129. The molecule has 3 aromatic rings. The number of nitrogens with one attached hydrogen (secondary N) is 2. The summed E-state index contributed by atoms with van der Waals surface area (Å²) in [6, 6.07) is 25.2. The van der Waals surface area contributed by atoms with E-state index in [-0.39, 0.29) is 23.8 Å². The molecule has 3 aromatic carbocycles. The fraction of sp³-hybridized carbons (Fsp3) is 0.344. The van der Waals surface area contributed by atoms with Crippen molar-refractivity contribution in [3.63, 3.8) is 0 Å². The van der Waals surface area contributed by atoms with Gasteiger partial charge in [-0.2, -0.15) is 0 Å². The van der Waals surface area contributed by atoms with Gasteiger partial charge in [-0.1, -0.05) is 92.1 Å². The number of amides is 3. The summed E-state index contributed by atoms with van der Waals surface area (Å²) in [5.41, 5.74) is 2.92.